The van der Waals surface area contributed by atoms with Crippen molar-refractivity contribution in [3.8, 4) is 11.5 Å². The van der Waals surface area contributed by atoms with Crippen molar-refractivity contribution in [3.05, 3.63) is 54.5 Å². The lowest BCUT2D eigenvalue weighted by Crippen LogP contribution is -2.41. The molecule has 9 heteroatoms. The second-order valence-corrected chi connectivity index (χ2v) is 6.48. The van der Waals surface area contributed by atoms with Gasteiger partial charge in [0.2, 0.25) is 0 Å². The summed E-state index contributed by atoms with van der Waals surface area (Å²) < 4.78 is 13.0. The van der Waals surface area contributed by atoms with Gasteiger partial charge in [0.15, 0.2) is 11.6 Å². The molecular formula is C21H29IN6O2. The van der Waals surface area contributed by atoms with E-state index in [9.17, 15) is 0 Å². The van der Waals surface area contributed by atoms with Crippen molar-refractivity contribution in [3.63, 3.8) is 0 Å². The first kappa shape index (κ1) is 23.7. The molecule has 0 atom stereocenters. The second-order valence-electron chi connectivity index (χ2n) is 6.48. The molecule has 8 nitrogen and oxygen atoms in total. The van der Waals surface area contributed by atoms with E-state index in [2.05, 4.69) is 27.3 Å². The first-order chi connectivity index (χ1) is 14.2. The predicted molar refractivity (Wildman–Crippen MR) is 129 cm³/mol. The van der Waals surface area contributed by atoms with Crippen LogP contribution in [0.4, 0.5) is 0 Å². The Bertz CT molecular complexity index is 929. The van der Waals surface area contributed by atoms with Crippen LogP contribution in [0.5, 0.6) is 11.5 Å². The smallest absolute Gasteiger partial charge is 0.193 e. The Hall–Kier alpha value is -2.56. The molecule has 0 spiro atoms. The van der Waals surface area contributed by atoms with Gasteiger partial charge in [0.25, 0.3) is 0 Å². The summed E-state index contributed by atoms with van der Waals surface area (Å²) in [7, 11) is 3.66. The Morgan fingerprint density at radius 1 is 1.13 bits per heavy atom. The van der Waals surface area contributed by atoms with E-state index in [4.69, 9.17) is 14.5 Å². The largest absolute Gasteiger partial charge is 0.497 e. The third-order valence-corrected chi connectivity index (χ3v) is 4.43. The monoisotopic (exact) mass is 524 g/mol. The maximum Gasteiger partial charge on any atom is 0.193 e. The number of hydrogen-bond acceptors (Lipinski definition) is 5. The number of rotatable bonds is 9. The Kier molecular flexibility index (Phi) is 9.65. The SMILES string of the molecule is CCNC(=NCCc1nnc2ccccn12)N(C)CCOc1ccc(OC)cc1.I. The zero-order valence-corrected chi connectivity index (χ0v) is 19.9. The fourth-order valence-corrected chi connectivity index (χ4v) is 2.87. The van der Waals surface area contributed by atoms with Crippen LogP contribution in [-0.4, -0.2) is 65.9 Å². The van der Waals surface area contributed by atoms with Crippen molar-refractivity contribution in [1.29, 1.82) is 0 Å². The fraction of sp³-hybridized carbons (Fsp3) is 0.381. The summed E-state index contributed by atoms with van der Waals surface area (Å²) in [4.78, 5) is 6.79. The topological polar surface area (TPSA) is 76.3 Å². The average Bonchev–Trinajstić information content (AvgIpc) is 3.17. The minimum Gasteiger partial charge on any atom is -0.497 e. The first-order valence-electron chi connectivity index (χ1n) is 9.76. The van der Waals surface area contributed by atoms with E-state index in [-0.39, 0.29) is 24.0 Å². The summed E-state index contributed by atoms with van der Waals surface area (Å²) >= 11 is 0. The lowest BCUT2D eigenvalue weighted by atomic mass is 10.3. The Morgan fingerprint density at radius 3 is 2.63 bits per heavy atom. The first-order valence-corrected chi connectivity index (χ1v) is 9.76. The number of hydrogen-bond donors (Lipinski definition) is 1. The quantitative estimate of drug-likeness (QED) is 0.264. The molecule has 2 aromatic heterocycles. The van der Waals surface area contributed by atoms with Crippen molar-refractivity contribution in [2.45, 2.75) is 13.3 Å². The number of guanidine groups is 1. The third-order valence-electron chi connectivity index (χ3n) is 4.43. The molecule has 0 aliphatic rings. The maximum absolute atomic E-state index is 5.81. The number of methoxy groups -OCH3 is 1. The summed E-state index contributed by atoms with van der Waals surface area (Å²) in [5.41, 5.74) is 0.853. The number of aromatic nitrogens is 3. The van der Waals surface area contributed by atoms with Crippen LogP contribution < -0.4 is 14.8 Å². The molecule has 0 fully saturated rings. The van der Waals surface area contributed by atoms with E-state index in [1.807, 2.05) is 60.1 Å². The molecule has 1 N–H and O–H groups in total. The van der Waals surface area contributed by atoms with Gasteiger partial charge < -0.3 is 19.7 Å². The minimum atomic E-state index is 0. The molecule has 0 radical (unpaired) electrons. The normalized spacial score (nSPS) is 11.1. The molecular weight excluding hydrogens is 495 g/mol. The van der Waals surface area contributed by atoms with Crippen molar-refractivity contribution < 1.29 is 9.47 Å². The summed E-state index contributed by atoms with van der Waals surface area (Å²) in [5, 5.41) is 11.8. The van der Waals surface area contributed by atoms with Gasteiger partial charge in [-0.1, -0.05) is 6.07 Å². The average molecular weight is 524 g/mol. The van der Waals surface area contributed by atoms with Crippen LogP contribution in [0.2, 0.25) is 0 Å². The predicted octanol–water partition coefficient (Wildman–Crippen LogP) is 2.87. The van der Waals surface area contributed by atoms with Gasteiger partial charge in [-0.15, -0.1) is 34.2 Å². The molecule has 0 aliphatic carbocycles. The number of nitrogens with one attached hydrogen (secondary N) is 1. The number of likely N-dealkylation sites (N-methyl/N-ethyl adjacent to an activating group) is 1. The summed E-state index contributed by atoms with van der Waals surface area (Å²) in [6.07, 6.45) is 2.69. The number of halogens is 1. The molecule has 2 heterocycles. The maximum atomic E-state index is 5.81. The van der Waals surface area contributed by atoms with Gasteiger partial charge in [-0.2, -0.15) is 0 Å². The molecule has 30 heavy (non-hydrogen) atoms. The van der Waals surface area contributed by atoms with Crippen LogP contribution >= 0.6 is 24.0 Å². The van der Waals surface area contributed by atoms with Crippen molar-refractivity contribution in [1.82, 2.24) is 24.8 Å². The molecule has 162 valence electrons. The minimum absolute atomic E-state index is 0. The standard InChI is InChI=1S/C21H28N6O2.HI/c1-4-22-21(23-13-12-20-25-24-19-7-5-6-14-27(19)20)26(2)15-16-29-18-10-8-17(28-3)9-11-18;/h5-11,14H,4,12-13,15-16H2,1-3H3,(H,22,23);1H. The van der Waals surface area contributed by atoms with E-state index in [0.29, 0.717) is 19.7 Å². The van der Waals surface area contributed by atoms with Gasteiger partial charge in [0, 0.05) is 32.8 Å². The van der Waals surface area contributed by atoms with E-state index < -0.39 is 0 Å². The molecule has 0 saturated heterocycles. The third kappa shape index (κ3) is 6.48. The molecule has 1 aromatic carbocycles. The number of fused-ring (bicyclic) bond motifs is 1. The molecule has 3 aromatic rings. The number of benzene rings is 1. The van der Waals surface area contributed by atoms with Crippen LogP contribution in [0.1, 0.15) is 12.7 Å². The van der Waals surface area contributed by atoms with Gasteiger partial charge in [-0.25, -0.2) is 0 Å². The lowest BCUT2D eigenvalue weighted by Gasteiger charge is -2.22. The molecule has 0 unspecified atom stereocenters. The fourth-order valence-electron chi connectivity index (χ4n) is 2.87. The number of nitrogens with zero attached hydrogens (tertiary/aromatic N) is 5. The molecule has 0 aliphatic heterocycles. The van der Waals surface area contributed by atoms with Gasteiger partial charge in [0.1, 0.15) is 23.9 Å². The van der Waals surface area contributed by atoms with Gasteiger partial charge >= 0.3 is 0 Å². The molecule has 0 saturated carbocycles. The highest BCUT2D eigenvalue weighted by molar-refractivity contribution is 14.0. The van der Waals surface area contributed by atoms with Crippen molar-refractivity contribution >= 4 is 35.6 Å². The van der Waals surface area contributed by atoms with E-state index in [1.165, 1.54) is 0 Å². The number of pyridine rings is 1. The number of aliphatic imine (C=N–C) groups is 1. The van der Waals surface area contributed by atoms with E-state index in [1.54, 1.807) is 7.11 Å². The Morgan fingerprint density at radius 2 is 1.90 bits per heavy atom. The van der Waals surface area contributed by atoms with Crippen LogP contribution in [0.15, 0.2) is 53.7 Å². The van der Waals surface area contributed by atoms with Crippen LogP contribution in [-0.2, 0) is 6.42 Å². The molecule has 0 bridgehead atoms. The van der Waals surface area contributed by atoms with Crippen LogP contribution in [0.3, 0.4) is 0 Å². The highest BCUT2D eigenvalue weighted by Crippen LogP contribution is 2.16. The van der Waals surface area contributed by atoms with E-state index in [0.717, 1.165) is 41.9 Å². The summed E-state index contributed by atoms with van der Waals surface area (Å²) in [5.74, 6) is 3.39. The summed E-state index contributed by atoms with van der Waals surface area (Å²) in [6.45, 7) is 4.76. The highest BCUT2D eigenvalue weighted by atomic mass is 127. The van der Waals surface area contributed by atoms with Gasteiger partial charge in [0.05, 0.1) is 13.7 Å². The Labute approximate surface area is 194 Å². The Balaban J connectivity index is 0.00000320. The second kappa shape index (κ2) is 12.2. The van der Waals surface area contributed by atoms with E-state index >= 15 is 0 Å². The summed E-state index contributed by atoms with van der Waals surface area (Å²) in [6, 6.07) is 13.5. The zero-order chi connectivity index (χ0) is 20.5. The molecule has 3 rings (SSSR count). The zero-order valence-electron chi connectivity index (χ0n) is 17.6. The highest BCUT2D eigenvalue weighted by Gasteiger charge is 2.08. The van der Waals surface area contributed by atoms with Gasteiger partial charge in [-0.05, 0) is 43.3 Å². The van der Waals surface area contributed by atoms with Crippen molar-refractivity contribution in [2.75, 3.05) is 40.4 Å². The van der Waals surface area contributed by atoms with Gasteiger partial charge in [-0.3, -0.25) is 9.39 Å². The van der Waals surface area contributed by atoms with Crippen LogP contribution in [0, 0.1) is 0 Å². The van der Waals surface area contributed by atoms with Crippen molar-refractivity contribution in [2.24, 2.45) is 4.99 Å². The number of ether oxygens (including phenoxy) is 2. The van der Waals surface area contributed by atoms with Crippen LogP contribution in [0.25, 0.3) is 5.65 Å². The molecule has 0 amide bonds. The lowest BCUT2D eigenvalue weighted by molar-refractivity contribution is 0.281.